The number of halogens is 1. The fourth-order valence-corrected chi connectivity index (χ4v) is 2.74. The van der Waals surface area contributed by atoms with Crippen molar-refractivity contribution >= 4 is 15.9 Å². The third kappa shape index (κ3) is 4.88. The van der Waals surface area contributed by atoms with Crippen LogP contribution in [0.3, 0.4) is 0 Å². The Morgan fingerprint density at radius 3 is 2.35 bits per heavy atom. The smallest absolute Gasteiger partial charge is 0.0738 e. The van der Waals surface area contributed by atoms with Crippen LogP contribution in [0, 0.1) is 18.8 Å². The number of aryl methyl sites for hydroxylation is 2. The molecule has 1 unspecified atom stereocenters. The Morgan fingerprint density at radius 1 is 1.30 bits per heavy atom. The number of hydrogen-bond acceptors (Lipinski definition) is 2. The SMILES string of the molecule is CCn1nc(C)c(Br)c1CC(CNC(C)(C)C)C(C)C. The number of nitrogens with one attached hydrogen (secondary N) is 1. The molecule has 0 aliphatic rings. The van der Waals surface area contributed by atoms with Gasteiger partial charge in [-0.2, -0.15) is 5.10 Å². The summed E-state index contributed by atoms with van der Waals surface area (Å²) in [6.07, 6.45) is 1.07. The van der Waals surface area contributed by atoms with Crippen LogP contribution in [0.15, 0.2) is 4.47 Å². The van der Waals surface area contributed by atoms with Crippen molar-refractivity contribution in [3.8, 4) is 0 Å². The second-order valence-electron chi connectivity index (χ2n) is 7.00. The van der Waals surface area contributed by atoms with Crippen LogP contribution in [0.1, 0.15) is 52.9 Å². The van der Waals surface area contributed by atoms with E-state index in [2.05, 4.69) is 79.5 Å². The summed E-state index contributed by atoms with van der Waals surface area (Å²) >= 11 is 3.71. The normalized spacial score (nSPS) is 14.1. The van der Waals surface area contributed by atoms with Crippen molar-refractivity contribution in [1.29, 1.82) is 0 Å². The zero-order chi connectivity index (χ0) is 15.5. The fraction of sp³-hybridized carbons (Fsp3) is 0.812. The standard InChI is InChI=1S/C16H30BrN3/c1-8-20-14(15(17)12(4)19-20)9-13(11(2)3)10-18-16(5,6)7/h11,13,18H,8-10H2,1-7H3. The predicted molar refractivity (Wildman–Crippen MR) is 90.1 cm³/mol. The average molecular weight is 344 g/mol. The molecule has 0 fully saturated rings. The minimum atomic E-state index is 0.172. The van der Waals surface area contributed by atoms with Gasteiger partial charge in [-0.15, -0.1) is 0 Å². The summed E-state index contributed by atoms with van der Waals surface area (Å²) in [6, 6.07) is 0. The highest BCUT2D eigenvalue weighted by Gasteiger charge is 2.21. The molecule has 0 amide bonds. The molecule has 1 N–H and O–H groups in total. The quantitative estimate of drug-likeness (QED) is 0.839. The van der Waals surface area contributed by atoms with Gasteiger partial charge in [0.2, 0.25) is 0 Å². The third-order valence-electron chi connectivity index (χ3n) is 3.75. The second kappa shape index (κ2) is 7.08. The first-order valence-electron chi connectivity index (χ1n) is 7.62. The number of nitrogens with zero attached hydrogens (tertiary/aromatic N) is 2. The van der Waals surface area contributed by atoms with Gasteiger partial charge in [-0.05, 0) is 75.4 Å². The zero-order valence-corrected chi connectivity index (χ0v) is 15.6. The summed E-state index contributed by atoms with van der Waals surface area (Å²) in [7, 11) is 0. The summed E-state index contributed by atoms with van der Waals surface area (Å²) in [5.41, 5.74) is 2.60. The van der Waals surface area contributed by atoms with Gasteiger partial charge in [0.25, 0.3) is 0 Å². The van der Waals surface area contributed by atoms with Crippen molar-refractivity contribution in [2.45, 2.75) is 67.0 Å². The highest BCUT2D eigenvalue weighted by Crippen LogP contribution is 2.26. The van der Waals surface area contributed by atoms with Gasteiger partial charge in [0.05, 0.1) is 15.9 Å². The Kier molecular flexibility index (Phi) is 6.26. The lowest BCUT2D eigenvalue weighted by atomic mass is 9.90. The van der Waals surface area contributed by atoms with E-state index in [1.807, 2.05) is 0 Å². The second-order valence-corrected chi connectivity index (χ2v) is 7.79. The van der Waals surface area contributed by atoms with Crippen molar-refractivity contribution in [3.63, 3.8) is 0 Å². The Morgan fingerprint density at radius 2 is 1.90 bits per heavy atom. The average Bonchev–Trinajstić information content (AvgIpc) is 2.59. The molecule has 116 valence electrons. The molecule has 0 aliphatic heterocycles. The van der Waals surface area contributed by atoms with Crippen LogP contribution in [-0.4, -0.2) is 21.9 Å². The Bertz CT molecular complexity index is 430. The van der Waals surface area contributed by atoms with Crippen LogP contribution in [0.5, 0.6) is 0 Å². The summed E-state index contributed by atoms with van der Waals surface area (Å²) in [4.78, 5) is 0. The van der Waals surface area contributed by atoms with E-state index in [1.54, 1.807) is 0 Å². The van der Waals surface area contributed by atoms with Crippen molar-refractivity contribution in [3.05, 3.63) is 15.9 Å². The Labute approximate surface area is 132 Å². The van der Waals surface area contributed by atoms with Gasteiger partial charge in [0.15, 0.2) is 0 Å². The molecule has 1 rings (SSSR count). The lowest BCUT2D eigenvalue weighted by Crippen LogP contribution is -2.41. The molecule has 20 heavy (non-hydrogen) atoms. The molecule has 0 aliphatic carbocycles. The summed E-state index contributed by atoms with van der Waals surface area (Å²) in [5, 5.41) is 8.24. The molecule has 0 radical (unpaired) electrons. The van der Waals surface area contributed by atoms with Crippen molar-refractivity contribution < 1.29 is 0 Å². The number of hydrogen-bond donors (Lipinski definition) is 1. The van der Waals surface area contributed by atoms with E-state index in [-0.39, 0.29) is 5.54 Å². The van der Waals surface area contributed by atoms with E-state index in [9.17, 15) is 0 Å². The van der Waals surface area contributed by atoms with E-state index < -0.39 is 0 Å². The van der Waals surface area contributed by atoms with E-state index in [0.717, 1.165) is 25.2 Å². The van der Waals surface area contributed by atoms with Gasteiger partial charge in [-0.3, -0.25) is 4.68 Å². The monoisotopic (exact) mass is 343 g/mol. The van der Waals surface area contributed by atoms with Crippen molar-refractivity contribution in [2.75, 3.05) is 6.54 Å². The van der Waals surface area contributed by atoms with Crippen molar-refractivity contribution in [2.24, 2.45) is 11.8 Å². The molecule has 1 aromatic heterocycles. The number of aromatic nitrogens is 2. The number of rotatable bonds is 6. The fourth-order valence-electron chi connectivity index (χ4n) is 2.29. The molecule has 0 spiro atoms. The summed E-state index contributed by atoms with van der Waals surface area (Å²) in [6.45, 7) is 17.5. The maximum absolute atomic E-state index is 4.60. The van der Waals surface area contributed by atoms with Gasteiger partial charge >= 0.3 is 0 Å². The van der Waals surface area contributed by atoms with Crippen LogP contribution in [0.25, 0.3) is 0 Å². The first-order valence-corrected chi connectivity index (χ1v) is 8.41. The molecule has 1 atom stereocenters. The van der Waals surface area contributed by atoms with E-state index >= 15 is 0 Å². The zero-order valence-electron chi connectivity index (χ0n) is 14.0. The van der Waals surface area contributed by atoms with E-state index in [4.69, 9.17) is 0 Å². The lowest BCUT2D eigenvalue weighted by molar-refractivity contribution is 0.307. The van der Waals surface area contributed by atoms with Gasteiger partial charge < -0.3 is 5.32 Å². The highest BCUT2D eigenvalue weighted by molar-refractivity contribution is 9.10. The van der Waals surface area contributed by atoms with Crippen LogP contribution in [-0.2, 0) is 13.0 Å². The maximum atomic E-state index is 4.60. The molecule has 3 nitrogen and oxygen atoms in total. The minimum Gasteiger partial charge on any atom is -0.312 e. The van der Waals surface area contributed by atoms with Gasteiger partial charge in [0.1, 0.15) is 0 Å². The lowest BCUT2D eigenvalue weighted by Gasteiger charge is -2.27. The minimum absolute atomic E-state index is 0.172. The first kappa shape index (κ1) is 17.7. The largest absolute Gasteiger partial charge is 0.312 e. The van der Waals surface area contributed by atoms with Gasteiger partial charge in [0, 0.05) is 12.1 Å². The molecule has 4 heteroatoms. The Hall–Kier alpha value is -0.350. The van der Waals surface area contributed by atoms with Crippen LogP contribution >= 0.6 is 15.9 Å². The van der Waals surface area contributed by atoms with Crippen LogP contribution < -0.4 is 5.32 Å². The molecule has 1 heterocycles. The molecule has 0 aromatic carbocycles. The summed E-state index contributed by atoms with van der Waals surface area (Å²) < 4.78 is 3.31. The molecule has 0 bridgehead atoms. The van der Waals surface area contributed by atoms with Gasteiger partial charge in [-0.25, -0.2) is 0 Å². The topological polar surface area (TPSA) is 29.9 Å². The van der Waals surface area contributed by atoms with E-state index in [0.29, 0.717) is 11.8 Å². The molecule has 1 aromatic rings. The molecular weight excluding hydrogens is 314 g/mol. The molecular formula is C16H30BrN3. The Balaban J connectivity index is 2.86. The van der Waals surface area contributed by atoms with Crippen LogP contribution in [0.2, 0.25) is 0 Å². The first-order chi connectivity index (χ1) is 9.15. The molecule has 0 saturated heterocycles. The highest BCUT2D eigenvalue weighted by atomic mass is 79.9. The van der Waals surface area contributed by atoms with Crippen LogP contribution in [0.4, 0.5) is 0 Å². The van der Waals surface area contributed by atoms with Crippen molar-refractivity contribution in [1.82, 2.24) is 15.1 Å². The van der Waals surface area contributed by atoms with E-state index in [1.165, 1.54) is 10.2 Å². The maximum Gasteiger partial charge on any atom is 0.0738 e. The molecule has 0 saturated carbocycles. The third-order valence-corrected chi connectivity index (χ3v) is 4.78. The predicted octanol–water partition coefficient (Wildman–Crippen LogP) is 4.18. The van der Waals surface area contributed by atoms with Gasteiger partial charge in [-0.1, -0.05) is 13.8 Å². The summed E-state index contributed by atoms with van der Waals surface area (Å²) in [5.74, 6) is 1.27.